The summed E-state index contributed by atoms with van der Waals surface area (Å²) in [4.78, 5) is 127. The summed E-state index contributed by atoms with van der Waals surface area (Å²) in [6.45, 7) is 15.2. The molecule has 0 aromatic heterocycles. The van der Waals surface area contributed by atoms with Crippen LogP contribution in [0.25, 0.3) is 0 Å². The zero-order valence-electron chi connectivity index (χ0n) is 64.9. The van der Waals surface area contributed by atoms with Crippen LogP contribution in [-0.2, 0) is 91.0 Å². The summed E-state index contributed by atoms with van der Waals surface area (Å²) in [6, 6.07) is 17.2. The summed E-state index contributed by atoms with van der Waals surface area (Å²) in [7, 11) is 4.62. The lowest BCUT2D eigenvalue weighted by Gasteiger charge is -2.30. The molecule has 0 radical (unpaired) electrons. The molecular weight excluding hydrogens is 1470 g/mol. The molecule has 1 saturated heterocycles. The molecule has 0 spiro atoms. The van der Waals surface area contributed by atoms with Gasteiger partial charge in [-0.05, 0) is 98.5 Å². The van der Waals surface area contributed by atoms with Gasteiger partial charge in [0.15, 0.2) is 23.0 Å². The van der Waals surface area contributed by atoms with Gasteiger partial charge < -0.3 is 98.0 Å². The average Bonchev–Trinajstić information content (AvgIpc) is 1.58. The average molecular weight is 1580 g/mol. The molecule has 4 aliphatic rings. The number of imide groups is 1. The molecule has 0 unspecified atom stereocenters. The maximum atomic E-state index is 14.4. The second-order valence-corrected chi connectivity index (χ2v) is 27.3. The summed E-state index contributed by atoms with van der Waals surface area (Å²) >= 11 is 5.19. The highest BCUT2D eigenvalue weighted by Gasteiger charge is 2.42. The van der Waals surface area contributed by atoms with Crippen LogP contribution in [0.4, 0.5) is 27.5 Å². The number of carbonyl (C=O) groups is 9. The molecule has 9 amide bonds. The Hall–Kier alpha value is -9.71. The number of amides is 9. The fraction of sp³-hybridized carbons (Fsp3) is 0.532. The highest BCUT2D eigenvalue weighted by molar-refractivity contribution is 7.79. The Balaban J connectivity index is 0.628. The molecule has 1 fully saturated rings. The van der Waals surface area contributed by atoms with Crippen molar-refractivity contribution in [3.8, 4) is 23.0 Å². The van der Waals surface area contributed by atoms with E-state index < -0.39 is 53.3 Å². The number of hydrogen-bond acceptors (Lipinski definition) is 24. The third-order valence-corrected chi connectivity index (χ3v) is 18.7. The number of carbonyl (C=O) groups excluding carboxylic acids is 9. The second kappa shape index (κ2) is 46.3. The van der Waals surface area contributed by atoms with Gasteiger partial charge in [0, 0.05) is 108 Å². The molecule has 33 heteroatoms. The zero-order chi connectivity index (χ0) is 80.2. The highest BCUT2D eigenvalue weighted by Crippen LogP contribution is 2.41. The number of ether oxygens (including phenoxy) is 13. The predicted octanol–water partition coefficient (Wildman–Crippen LogP) is 6.53. The maximum absolute atomic E-state index is 14.4. The lowest BCUT2D eigenvalue weighted by Crippen LogP contribution is -2.53. The van der Waals surface area contributed by atoms with Gasteiger partial charge in [-0.1, -0.05) is 44.3 Å². The number of methoxy groups -OCH3 is 2. The van der Waals surface area contributed by atoms with Crippen molar-refractivity contribution in [2.24, 2.45) is 10.9 Å². The first-order chi connectivity index (χ1) is 54.2. The summed E-state index contributed by atoms with van der Waals surface area (Å²) in [6.07, 6.45) is 7.06. The number of nitrogens with zero attached hydrogens (tertiary/aromatic N) is 5. The predicted molar refractivity (Wildman–Crippen MR) is 418 cm³/mol. The van der Waals surface area contributed by atoms with Crippen LogP contribution in [0.5, 0.6) is 23.0 Å². The molecule has 8 rings (SSSR count). The van der Waals surface area contributed by atoms with E-state index in [9.17, 15) is 43.2 Å². The van der Waals surface area contributed by atoms with E-state index in [1.165, 1.54) is 43.7 Å². The number of rotatable bonds is 51. The van der Waals surface area contributed by atoms with Gasteiger partial charge in [-0.15, -0.1) is 0 Å². The lowest BCUT2D eigenvalue weighted by molar-refractivity contribution is -0.137. The van der Waals surface area contributed by atoms with E-state index in [0.29, 0.717) is 194 Å². The van der Waals surface area contributed by atoms with Crippen LogP contribution >= 0.6 is 12.2 Å². The van der Waals surface area contributed by atoms with E-state index in [2.05, 4.69) is 26.6 Å². The number of fused-ring (bicyclic) bond motifs is 3. The standard InChI is InChI=1S/C79H106N10O22S/c1-54(2)73(85-70(91)21-30-102-32-34-104-36-38-106-40-42-108-44-43-107-41-39-105-37-35-103-33-31-101-27-9-23-80-69(90)20-26-88-71(92)17-18-72(88)93)75(95)83-55(3)74(94)84-59-14-11-56(12-15-59)51-111-78(98)86(5)60-16-13-57-19-25-87(50-58(57)45-60)76(96)61-46-65(99-6)68(49-64(61)82-53-112)110-29-10-28-109-67-48-63-62(47-66(67)100-7)77(97)89-24-8-22-79(89,4)52-81-63/h11-18,45-49,52-55,73H,8-10,19-44,50-51H2,1-7H3,(H,80,90)(H,82,112)(H,83,95)(H,84,94)(H,85,91)/t55-,73-,79-/m0/s1. The van der Waals surface area contributed by atoms with Gasteiger partial charge in [0.25, 0.3) is 23.6 Å². The number of nitrogens with one attached hydrogen (secondary N) is 5. The Labute approximate surface area is 658 Å². The smallest absolute Gasteiger partial charge is 0.414 e. The largest absolute Gasteiger partial charge is 0.493 e. The normalized spacial score (nSPS) is 15.4. The first-order valence-corrected chi connectivity index (χ1v) is 38.2. The molecule has 4 aromatic carbocycles. The van der Waals surface area contributed by atoms with Crippen molar-refractivity contribution < 1.29 is 105 Å². The van der Waals surface area contributed by atoms with Crippen molar-refractivity contribution >= 4 is 100 Å². The van der Waals surface area contributed by atoms with Gasteiger partial charge in [0.1, 0.15) is 18.7 Å². The third-order valence-electron chi connectivity index (χ3n) is 18.6. The monoisotopic (exact) mass is 1580 g/mol. The molecule has 4 aromatic rings. The van der Waals surface area contributed by atoms with Crippen LogP contribution < -0.4 is 50.4 Å². The summed E-state index contributed by atoms with van der Waals surface area (Å²) in [5.41, 5.74) is 6.13. The molecule has 0 bridgehead atoms. The van der Waals surface area contributed by atoms with Crippen molar-refractivity contribution in [2.75, 3.05) is 182 Å². The van der Waals surface area contributed by atoms with E-state index in [4.69, 9.17) is 78.8 Å². The number of anilines is 3. The summed E-state index contributed by atoms with van der Waals surface area (Å²) in [5.74, 6) is -1.52. The van der Waals surface area contributed by atoms with E-state index in [1.807, 2.05) is 36.2 Å². The van der Waals surface area contributed by atoms with Crippen molar-refractivity contribution in [3.63, 3.8) is 0 Å². The minimum absolute atomic E-state index is 0.00205. The van der Waals surface area contributed by atoms with Crippen LogP contribution in [0, 0.1) is 5.92 Å². The first-order valence-electron chi connectivity index (χ1n) is 37.7. The van der Waals surface area contributed by atoms with Crippen LogP contribution in [0.3, 0.4) is 0 Å². The van der Waals surface area contributed by atoms with Crippen LogP contribution in [0.1, 0.15) is 104 Å². The fourth-order valence-electron chi connectivity index (χ4n) is 12.2. The lowest BCUT2D eigenvalue weighted by atomic mass is 9.98. The van der Waals surface area contributed by atoms with Gasteiger partial charge >= 0.3 is 6.09 Å². The van der Waals surface area contributed by atoms with Crippen molar-refractivity contribution in [3.05, 3.63) is 107 Å². The van der Waals surface area contributed by atoms with Gasteiger partial charge in [-0.25, -0.2) is 4.79 Å². The van der Waals surface area contributed by atoms with Gasteiger partial charge in [-0.2, -0.15) is 0 Å². The zero-order valence-corrected chi connectivity index (χ0v) is 65.8. The van der Waals surface area contributed by atoms with E-state index >= 15 is 0 Å². The van der Waals surface area contributed by atoms with Crippen molar-refractivity contribution in [1.82, 2.24) is 30.7 Å². The number of benzene rings is 4. The maximum Gasteiger partial charge on any atom is 0.414 e. The molecule has 32 nitrogen and oxygen atoms in total. The van der Waals surface area contributed by atoms with Crippen LogP contribution in [0.15, 0.2) is 83.9 Å². The van der Waals surface area contributed by atoms with E-state index in [0.717, 1.165) is 28.9 Å². The molecule has 4 aliphatic heterocycles. The fourth-order valence-corrected chi connectivity index (χ4v) is 12.3. The van der Waals surface area contributed by atoms with Gasteiger partial charge in [0.2, 0.25) is 23.6 Å². The highest BCUT2D eigenvalue weighted by atomic mass is 32.1. The summed E-state index contributed by atoms with van der Waals surface area (Å²) < 4.78 is 73.6. The molecule has 0 aliphatic carbocycles. The van der Waals surface area contributed by atoms with Gasteiger partial charge in [-0.3, -0.25) is 53.1 Å². The van der Waals surface area contributed by atoms with Crippen LogP contribution in [0.2, 0.25) is 0 Å². The molecule has 4 heterocycles. The quantitative estimate of drug-likeness (QED) is 0.0178. The van der Waals surface area contributed by atoms with Crippen molar-refractivity contribution in [2.45, 2.75) is 103 Å². The van der Waals surface area contributed by atoms with Gasteiger partial charge in [0.05, 0.1) is 160 Å². The van der Waals surface area contributed by atoms with Crippen LogP contribution in [-0.4, -0.2) is 264 Å². The second-order valence-electron chi connectivity index (χ2n) is 27.1. The molecular formula is C79H106N10O22S. The molecule has 610 valence electrons. The number of aliphatic imine (C=N–C) groups is 1. The number of hydrogen-bond donors (Lipinski definition) is 5. The molecule has 0 saturated carbocycles. The Morgan fingerprint density at radius 1 is 0.634 bits per heavy atom. The van der Waals surface area contributed by atoms with E-state index in [1.54, 1.807) is 74.3 Å². The van der Waals surface area contributed by atoms with E-state index in [-0.39, 0.29) is 82.6 Å². The molecule has 112 heavy (non-hydrogen) atoms. The molecule has 5 N–H and O–H groups in total. The Bertz CT molecular complexity index is 3870. The third kappa shape index (κ3) is 27.3. The number of thiocarbonyl (C=S) groups is 1. The molecule has 3 atom stereocenters. The minimum atomic E-state index is -0.965. The summed E-state index contributed by atoms with van der Waals surface area (Å²) in [5, 5.41) is 14.0. The Kier molecular flexibility index (Phi) is 36.3. The first kappa shape index (κ1) is 87.9. The SMILES string of the molecule is COc1cc2c(cc1OCCCOc1cc(NC=S)c(C(=O)N3CCc4ccc(N(C)C(=O)OCc5ccc(NC(=O)[C@H](C)NC(=O)[C@@H](NC(=O)CCOCCOCCOCCOCCOCCOCCOCCOCCCNC(=O)CCN6C(=O)C=CC6=O)C(C)C)cc5)cc4C3)cc1OC)N=C[C@]1(C)CCCN1C2=O. The Morgan fingerprint density at radius 2 is 1.22 bits per heavy atom. The topological polar surface area (TPSA) is 359 Å². The minimum Gasteiger partial charge on any atom is -0.493 e. The van der Waals surface area contributed by atoms with Crippen molar-refractivity contribution in [1.29, 1.82) is 0 Å². The Morgan fingerprint density at radius 3 is 1.82 bits per heavy atom.